The second-order valence-electron chi connectivity index (χ2n) is 11.5. The highest BCUT2D eigenvalue weighted by Gasteiger charge is 2.36. The number of benzene rings is 3. The molecular formula is C32H33ClFN3O5. The van der Waals surface area contributed by atoms with Crippen molar-refractivity contribution in [3.63, 3.8) is 0 Å². The predicted octanol–water partition coefficient (Wildman–Crippen LogP) is 5.92. The molecule has 7 rings (SSSR count). The van der Waals surface area contributed by atoms with E-state index in [2.05, 4.69) is 21.2 Å². The number of hydrogen-bond donors (Lipinski definition) is 2. The summed E-state index contributed by atoms with van der Waals surface area (Å²) in [5.74, 6) is 0.369. The number of carboxylic acid groups (broad SMARTS) is 1. The maximum Gasteiger partial charge on any atom is 0.335 e. The third kappa shape index (κ3) is 5.25. The highest BCUT2D eigenvalue weighted by Crippen LogP contribution is 2.45. The Kier molecular flexibility index (Phi) is 7.34. The van der Waals surface area contributed by atoms with Crippen molar-refractivity contribution in [1.82, 2.24) is 4.90 Å². The molecule has 2 saturated heterocycles. The molecule has 4 heterocycles. The molecule has 10 heteroatoms. The summed E-state index contributed by atoms with van der Waals surface area (Å²) in [4.78, 5) is 16.4. The molecule has 220 valence electrons. The number of aromatic carboxylic acids is 1. The van der Waals surface area contributed by atoms with Crippen molar-refractivity contribution in [3.8, 4) is 11.5 Å². The molecule has 2 unspecified atom stereocenters. The van der Waals surface area contributed by atoms with Crippen LogP contribution in [0.4, 0.5) is 15.8 Å². The number of rotatable bonds is 7. The fourth-order valence-corrected chi connectivity index (χ4v) is 6.65. The first-order valence-corrected chi connectivity index (χ1v) is 14.9. The number of likely N-dealkylation sites (tertiary alicyclic amines) is 1. The number of nitrogens with zero attached hydrogens (tertiary/aromatic N) is 2. The summed E-state index contributed by atoms with van der Waals surface area (Å²) < 4.78 is 32.8. The summed E-state index contributed by atoms with van der Waals surface area (Å²) in [6, 6.07) is 15.9. The van der Waals surface area contributed by atoms with E-state index in [1.807, 2.05) is 18.2 Å². The standard InChI is InChI=1S/C32H33ClFN3O5/c33-21-5-6-24(25(34)15-21)29-18-41-28-3-1-2-23(31(28)42-29)19-8-11-36(12-9-19)17-30-35-26-7-4-20(32(38)39)14-27(26)37(30)16-22-10-13-40-22/h1-7,14-15,19,22,29-30,35H,8-13,16-18H2,(H,38,39)/t22?,29-,30?/m1/s1. The molecule has 0 bridgehead atoms. The van der Waals surface area contributed by atoms with Crippen LogP contribution in [0.2, 0.25) is 5.02 Å². The quantitative estimate of drug-likeness (QED) is 0.350. The normalized spacial score (nSPS) is 23.7. The smallest absolute Gasteiger partial charge is 0.335 e. The van der Waals surface area contributed by atoms with Crippen molar-refractivity contribution in [2.45, 2.75) is 43.6 Å². The van der Waals surface area contributed by atoms with Gasteiger partial charge in [0.1, 0.15) is 18.6 Å². The van der Waals surface area contributed by atoms with Crippen LogP contribution in [0.5, 0.6) is 11.5 Å². The van der Waals surface area contributed by atoms with Crippen molar-refractivity contribution >= 4 is 28.9 Å². The molecule has 8 nitrogen and oxygen atoms in total. The van der Waals surface area contributed by atoms with E-state index < -0.39 is 17.9 Å². The van der Waals surface area contributed by atoms with Gasteiger partial charge in [-0.3, -0.25) is 4.90 Å². The number of piperidine rings is 1. The zero-order valence-corrected chi connectivity index (χ0v) is 23.9. The molecule has 4 aliphatic heterocycles. The fourth-order valence-electron chi connectivity index (χ4n) is 6.49. The van der Waals surface area contributed by atoms with Crippen LogP contribution < -0.4 is 19.7 Å². The molecule has 2 N–H and O–H groups in total. The van der Waals surface area contributed by atoms with Gasteiger partial charge in [-0.05, 0) is 74.7 Å². The maximum absolute atomic E-state index is 14.7. The topological polar surface area (TPSA) is 83.5 Å². The number of anilines is 2. The van der Waals surface area contributed by atoms with Crippen molar-refractivity contribution in [2.75, 3.05) is 49.6 Å². The Labute approximate surface area is 248 Å². The Morgan fingerprint density at radius 3 is 2.62 bits per heavy atom. The zero-order chi connectivity index (χ0) is 28.8. The van der Waals surface area contributed by atoms with Gasteiger partial charge in [0.2, 0.25) is 0 Å². The molecule has 0 spiro atoms. The number of ether oxygens (including phenoxy) is 3. The molecular weight excluding hydrogens is 561 g/mol. The van der Waals surface area contributed by atoms with Crippen LogP contribution in [0.1, 0.15) is 52.8 Å². The van der Waals surface area contributed by atoms with E-state index in [-0.39, 0.29) is 24.4 Å². The summed E-state index contributed by atoms with van der Waals surface area (Å²) >= 11 is 5.96. The fraction of sp³-hybridized carbons (Fsp3) is 0.406. The van der Waals surface area contributed by atoms with Crippen LogP contribution in [0, 0.1) is 5.82 Å². The molecule has 3 atom stereocenters. The number of para-hydroxylation sites is 1. The Morgan fingerprint density at radius 1 is 1.05 bits per heavy atom. The number of halogens is 2. The molecule has 3 aromatic rings. The highest BCUT2D eigenvalue weighted by atomic mass is 35.5. The molecule has 4 aliphatic rings. The first kappa shape index (κ1) is 27.3. The average molecular weight is 594 g/mol. The molecule has 0 aliphatic carbocycles. The van der Waals surface area contributed by atoms with E-state index in [9.17, 15) is 14.3 Å². The maximum atomic E-state index is 14.7. The number of carbonyl (C=O) groups is 1. The Balaban J connectivity index is 1.03. The lowest BCUT2D eigenvalue weighted by Crippen LogP contribution is -2.51. The van der Waals surface area contributed by atoms with Gasteiger partial charge in [0.15, 0.2) is 17.6 Å². The lowest BCUT2D eigenvalue weighted by Gasteiger charge is -2.39. The molecule has 42 heavy (non-hydrogen) atoms. The molecule has 0 aromatic heterocycles. The van der Waals surface area contributed by atoms with Crippen molar-refractivity contribution in [3.05, 3.63) is 82.1 Å². The summed E-state index contributed by atoms with van der Waals surface area (Å²) in [6.07, 6.45) is 2.57. The van der Waals surface area contributed by atoms with Crippen molar-refractivity contribution in [1.29, 1.82) is 0 Å². The monoisotopic (exact) mass is 593 g/mol. The zero-order valence-electron chi connectivity index (χ0n) is 23.1. The lowest BCUT2D eigenvalue weighted by molar-refractivity contribution is -0.0452. The summed E-state index contributed by atoms with van der Waals surface area (Å²) in [7, 11) is 0. The van der Waals surface area contributed by atoms with Gasteiger partial charge < -0.3 is 29.5 Å². The van der Waals surface area contributed by atoms with Crippen molar-refractivity contribution < 1.29 is 28.5 Å². The second kappa shape index (κ2) is 11.3. The van der Waals surface area contributed by atoms with Gasteiger partial charge in [-0.2, -0.15) is 0 Å². The largest absolute Gasteiger partial charge is 0.485 e. The van der Waals surface area contributed by atoms with E-state index in [1.54, 1.807) is 24.3 Å². The van der Waals surface area contributed by atoms with Gasteiger partial charge in [0.25, 0.3) is 0 Å². The van der Waals surface area contributed by atoms with Crippen LogP contribution in [0.3, 0.4) is 0 Å². The lowest BCUT2D eigenvalue weighted by atomic mass is 9.88. The van der Waals surface area contributed by atoms with Crippen molar-refractivity contribution in [2.24, 2.45) is 0 Å². The molecule has 3 aromatic carbocycles. The summed E-state index contributed by atoms with van der Waals surface area (Å²) in [6.45, 7) is 4.37. The number of nitrogens with one attached hydrogen (secondary N) is 1. The van der Waals surface area contributed by atoms with E-state index in [4.69, 9.17) is 25.8 Å². The summed E-state index contributed by atoms with van der Waals surface area (Å²) in [5, 5.41) is 13.5. The van der Waals surface area contributed by atoms with Gasteiger partial charge in [-0.25, -0.2) is 9.18 Å². The van der Waals surface area contributed by atoms with Crippen LogP contribution in [0.15, 0.2) is 54.6 Å². The van der Waals surface area contributed by atoms with Gasteiger partial charge in [-0.15, -0.1) is 0 Å². The van der Waals surface area contributed by atoms with Crippen LogP contribution in [-0.4, -0.2) is 67.6 Å². The molecule has 0 amide bonds. The third-order valence-electron chi connectivity index (χ3n) is 8.87. The van der Waals surface area contributed by atoms with E-state index >= 15 is 0 Å². The Morgan fingerprint density at radius 2 is 1.88 bits per heavy atom. The van der Waals surface area contributed by atoms with Gasteiger partial charge in [0, 0.05) is 35.8 Å². The minimum Gasteiger partial charge on any atom is -0.485 e. The highest BCUT2D eigenvalue weighted by molar-refractivity contribution is 6.30. The van der Waals surface area contributed by atoms with E-state index in [0.717, 1.165) is 69.0 Å². The third-order valence-corrected chi connectivity index (χ3v) is 9.11. The SMILES string of the molecule is O=C(O)c1ccc2c(c1)N(CC1CCO1)C(CN1CCC(c3cccc4c3O[C@@H](c3ccc(Cl)cc3F)CO4)CC1)N2. The van der Waals surface area contributed by atoms with Crippen LogP contribution >= 0.6 is 11.6 Å². The molecule has 2 fully saturated rings. The van der Waals surface area contributed by atoms with Gasteiger partial charge in [0.05, 0.1) is 23.0 Å². The number of hydrogen-bond acceptors (Lipinski definition) is 7. The van der Waals surface area contributed by atoms with E-state index in [1.165, 1.54) is 6.07 Å². The predicted molar refractivity (Wildman–Crippen MR) is 158 cm³/mol. The second-order valence-corrected chi connectivity index (χ2v) is 11.9. The number of fused-ring (bicyclic) bond motifs is 2. The van der Waals surface area contributed by atoms with Crippen LogP contribution in [0.25, 0.3) is 0 Å². The minimum atomic E-state index is -0.926. The minimum absolute atomic E-state index is 0.0287. The Bertz CT molecular complexity index is 1490. The van der Waals surface area contributed by atoms with Gasteiger partial charge in [-0.1, -0.05) is 29.8 Å². The first-order valence-electron chi connectivity index (χ1n) is 14.5. The van der Waals surface area contributed by atoms with E-state index in [0.29, 0.717) is 28.0 Å². The van der Waals surface area contributed by atoms with Crippen LogP contribution in [-0.2, 0) is 4.74 Å². The Hall–Kier alpha value is -3.53. The molecule has 0 saturated carbocycles. The molecule has 0 radical (unpaired) electrons. The average Bonchev–Trinajstić information content (AvgIpc) is 3.30. The first-order chi connectivity index (χ1) is 20.4. The summed E-state index contributed by atoms with van der Waals surface area (Å²) in [5.41, 5.74) is 3.70. The number of carboxylic acids is 1. The van der Waals surface area contributed by atoms with Gasteiger partial charge >= 0.3 is 5.97 Å².